The molecule has 1 aliphatic carbocycles. The first-order chi connectivity index (χ1) is 13.8. The predicted molar refractivity (Wildman–Crippen MR) is 118 cm³/mol. The molecule has 1 fully saturated rings. The summed E-state index contributed by atoms with van der Waals surface area (Å²) in [5.74, 6) is 4.14. The van der Waals surface area contributed by atoms with Gasteiger partial charge in [-0.15, -0.1) is 4.39 Å². The molecule has 28 heavy (non-hydrogen) atoms. The van der Waals surface area contributed by atoms with Gasteiger partial charge in [0.15, 0.2) is 0 Å². The van der Waals surface area contributed by atoms with Gasteiger partial charge in [-0.25, -0.2) is 0 Å². The van der Waals surface area contributed by atoms with Crippen molar-refractivity contribution >= 4 is 0 Å². The molecule has 0 radical (unpaired) electrons. The second-order valence-corrected chi connectivity index (χ2v) is 8.34. The van der Waals surface area contributed by atoms with Gasteiger partial charge in [-0.05, 0) is 72.3 Å². The minimum Gasteiger partial charge on any atom is -0.144 e. The zero-order valence-electron chi connectivity index (χ0n) is 17.2. The van der Waals surface area contributed by atoms with Crippen LogP contribution in [0.3, 0.4) is 0 Å². The van der Waals surface area contributed by atoms with Crippen LogP contribution in [0.25, 0.3) is 11.1 Å². The summed E-state index contributed by atoms with van der Waals surface area (Å²) in [5, 5.41) is 0. The van der Waals surface area contributed by atoms with Gasteiger partial charge in [0.1, 0.15) is 6.17 Å². The molecule has 2 aromatic carbocycles. The minimum absolute atomic E-state index is 0.713. The monoisotopic (exact) mass is 376 g/mol. The first-order valence-corrected chi connectivity index (χ1v) is 11.1. The molecule has 0 nitrogen and oxygen atoms in total. The van der Waals surface area contributed by atoms with Crippen molar-refractivity contribution in [3.05, 3.63) is 59.7 Å². The maximum atomic E-state index is 12.1. The normalized spacial score (nSPS) is 19.1. The Morgan fingerprint density at radius 2 is 1.39 bits per heavy atom. The van der Waals surface area contributed by atoms with Crippen LogP contribution in [0, 0.1) is 18.0 Å². The standard InChI is InChI=1S/C27H33F/c1-2-3-4-5-6-7-22-8-12-24(13-9-22)26-16-18-27(19-17-26)25-14-10-23(11-15-25)20-21-28/h10-11,14-19,22,24H,2-9,12-13H2,1H3. The molecule has 1 saturated carbocycles. The minimum atomic E-state index is 0.713. The fourth-order valence-electron chi connectivity index (χ4n) is 4.57. The van der Waals surface area contributed by atoms with Crippen LogP contribution in [0.4, 0.5) is 4.39 Å². The van der Waals surface area contributed by atoms with E-state index < -0.39 is 0 Å². The van der Waals surface area contributed by atoms with Crippen molar-refractivity contribution in [3.63, 3.8) is 0 Å². The highest BCUT2D eigenvalue weighted by molar-refractivity contribution is 5.64. The van der Waals surface area contributed by atoms with E-state index in [1.165, 1.54) is 81.5 Å². The molecular formula is C27H33F. The third-order valence-electron chi connectivity index (χ3n) is 6.35. The number of rotatable bonds is 8. The van der Waals surface area contributed by atoms with Gasteiger partial charge in [-0.1, -0.05) is 81.8 Å². The second-order valence-electron chi connectivity index (χ2n) is 8.34. The molecule has 0 aliphatic heterocycles. The third-order valence-corrected chi connectivity index (χ3v) is 6.35. The van der Waals surface area contributed by atoms with Crippen LogP contribution in [-0.4, -0.2) is 0 Å². The number of halogens is 1. The van der Waals surface area contributed by atoms with Crippen molar-refractivity contribution in [2.75, 3.05) is 0 Å². The van der Waals surface area contributed by atoms with Crippen LogP contribution < -0.4 is 0 Å². The van der Waals surface area contributed by atoms with Crippen molar-refractivity contribution in [1.82, 2.24) is 0 Å². The molecule has 0 bridgehead atoms. The molecule has 2 aromatic rings. The van der Waals surface area contributed by atoms with Crippen molar-refractivity contribution in [2.45, 2.75) is 77.0 Å². The van der Waals surface area contributed by atoms with E-state index in [0.29, 0.717) is 5.56 Å². The largest absolute Gasteiger partial charge is 0.144 e. The quantitative estimate of drug-likeness (QED) is 0.321. The molecule has 0 unspecified atom stereocenters. The van der Waals surface area contributed by atoms with Gasteiger partial charge in [0.05, 0.1) is 0 Å². The highest BCUT2D eigenvalue weighted by Crippen LogP contribution is 2.38. The highest BCUT2D eigenvalue weighted by atomic mass is 19.1. The fourth-order valence-corrected chi connectivity index (χ4v) is 4.57. The van der Waals surface area contributed by atoms with E-state index >= 15 is 0 Å². The summed E-state index contributed by atoms with van der Waals surface area (Å²) >= 11 is 0. The van der Waals surface area contributed by atoms with E-state index in [1.807, 2.05) is 24.3 Å². The van der Waals surface area contributed by atoms with E-state index in [1.54, 1.807) is 0 Å². The predicted octanol–water partition coefficient (Wildman–Crippen LogP) is 8.27. The summed E-state index contributed by atoms with van der Waals surface area (Å²) in [7, 11) is 0. The zero-order valence-corrected chi connectivity index (χ0v) is 17.2. The number of hydrogen-bond donors (Lipinski definition) is 0. The maximum absolute atomic E-state index is 12.1. The Morgan fingerprint density at radius 3 is 2.00 bits per heavy atom. The maximum Gasteiger partial charge on any atom is 0.111 e. The van der Waals surface area contributed by atoms with E-state index in [2.05, 4.69) is 37.1 Å². The van der Waals surface area contributed by atoms with Gasteiger partial charge in [-0.2, -0.15) is 0 Å². The molecule has 148 valence electrons. The lowest BCUT2D eigenvalue weighted by Crippen LogP contribution is -2.13. The Bertz CT molecular complexity index is 753. The molecule has 0 N–H and O–H groups in total. The van der Waals surface area contributed by atoms with Crippen molar-refractivity contribution < 1.29 is 4.39 Å². The van der Waals surface area contributed by atoms with E-state index in [0.717, 1.165) is 17.4 Å². The van der Waals surface area contributed by atoms with Gasteiger partial charge in [0, 0.05) is 5.56 Å². The third kappa shape index (κ3) is 5.96. The van der Waals surface area contributed by atoms with Crippen LogP contribution in [0.5, 0.6) is 0 Å². The molecule has 0 heterocycles. The van der Waals surface area contributed by atoms with Crippen molar-refractivity contribution in [2.24, 2.45) is 5.92 Å². The SMILES string of the molecule is CCCCCCCC1CCC(c2ccc(-c3ccc(C#CF)cc3)cc2)CC1. The van der Waals surface area contributed by atoms with Gasteiger partial charge in [-0.3, -0.25) is 0 Å². The first-order valence-electron chi connectivity index (χ1n) is 11.1. The summed E-state index contributed by atoms with van der Waals surface area (Å²) in [4.78, 5) is 0. The first kappa shape index (κ1) is 20.7. The van der Waals surface area contributed by atoms with Crippen molar-refractivity contribution in [3.8, 4) is 23.2 Å². The Labute approximate surface area is 170 Å². The van der Waals surface area contributed by atoms with Gasteiger partial charge < -0.3 is 0 Å². The number of hydrogen-bond acceptors (Lipinski definition) is 0. The summed E-state index contributed by atoms with van der Waals surface area (Å²) in [5.41, 5.74) is 4.57. The number of benzene rings is 2. The molecule has 1 aliphatic rings. The lowest BCUT2D eigenvalue weighted by atomic mass is 9.77. The Hall–Kier alpha value is -2.07. The Balaban J connectivity index is 1.48. The highest BCUT2D eigenvalue weighted by Gasteiger charge is 2.22. The summed E-state index contributed by atoms with van der Waals surface area (Å²) in [6, 6.07) is 16.8. The van der Waals surface area contributed by atoms with Crippen LogP contribution in [0.2, 0.25) is 0 Å². The van der Waals surface area contributed by atoms with Crippen LogP contribution in [0.15, 0.2) is 48.5 Å². The average Bonchev–Trinajstić information content (AvgIpc) is 2.75. The number of unbranched alkanes of at least 4 members (excludes halogenated alkanes) is 4. The van der Waals surface area contributed by atoms with Crippen LogP contribution in [-0.2, 0) is 0 Å². The van der Waals surface area contributed by atoms with Gasteiger partial charge in [0.25, 0.3) is 0 Å². The summed E-state index contributed by atoms with van der Waals surface area (Å²) in [6.45, 7) is 2.29. The molecular weight excluding hydrogens is 343 g/mol. The topological polar surface area (TPSA) is 0 Å². The molecule has 0 aromatic heterocycles. The van der Waals surface area contributed by atoms with E-state index in [4.69, 9.17) is 0 Å². The molecule has 1 heteroatoms. The second kappa shape index (κ2) is 11.1. The molecule has 0 atom stereocenters. The van der Waals surface area contributed by atoms with Gasteiger partial charge >= 0.3 is 0 Å². The van der Waals surface area contributed by atoms with Crippen LogP contribution >= 0.6 is 0 Å². The Kier molecular flexibility index (Phi) is 8.16. The lowest BCUT2D eigenvalue weighted by Gasteiger charge is -2.29. The molecule has 0 amide bonds. The van der Waals surface area contributed by atoms with Crippen molar-refractivity contribution in [1.29, 1.82) is 0 Å². The van der Waals surface area contributed by atoms with Crippen LogP contribution in [0.1, 0.15) is 88.2 Å². The van der Waals surface area contributed by atoms with Gasteiger partial charge in [0.2, 0.25) is 0 Å². The summed E-state index contributed by atoms with van der Waals surface area (Å²) in [6.07, 6.45) is 15.4. The van der Waals surface area contributed by atoms with E-state index in [9.17, 15) is 4.39 Å². The smallest absolute Gasteiger partial charge is 0.111 e. The molecule has 3 rings (SSSR count). The zero-order chi connectivity index (χ0) is 19.6. The molecule has 0 spiro atoms. The fraction of sp³-hybridized carbons (Fsp3) is 0.481. The van der Waals surface area contributed by atoms with E-state index in [-0.39, 0.29) is 0 Å². The lowest BCUT2D eigenvalue weighted by molar-refractivity contribution is 0.302. The molecule has 0 saturated heterocycles. The summed E-state index contributed by atoms with van der Waals surface area (Å²) < 4.78 is 12.1. The Morgan fingerprint density at radius 1 is 0.786 bits per heavy atom. The average molecular weight is 377 g/mol.